The third-order valence-corrected chi connectivity index (χ3v) is 17.3. The van der Waals surface area contributed by atoms with E-state index in [4.69, 9.17) is 18.9 Å². The molecule has 2 heterocycles. The zero-order valence-electron chi connectivity index (χ0n) is 40.8. The summed E-state index contributed by atoms with van der Waals surface area (Å²) in [6.07, 6.45) is 31.9. The van der Waals surface area contributed by atoms with Crippen molar-refractivity contribution in [3.8, 4) is 0 Å². The Labute approximate surface area is 392 Å². The van der Waals surface area contributed by atoms with Crippen molar-refractivity contribution in [2.45, 2.75) is 205 Å². The van der Waals surface area contributed by atoms with Crippen molar-refractivity contribution in [1.29, 1.82) is 0 Å². The molecule has 0 aromatic rings. The number of ether oxygens (including phenoxy) is 4. The molecule has 7 fully saturated rings. The fourth-order valence-corrected chi connectivity index (χ4v) is 13.6. The summed E-state index contributed by atoms with van der Waals surface area (Å²) in [6, 6.07) is 1.73. The lowest BCUT2D eigenvalue weighted by Crippen LogP contribution is -2.44. The Morgan fingerprint density at radius 1 is 0.662 bits per heavy atom. The van der Waals surface area contributed by atoms with E-state index in [0.717, 1.165) is 132 Å². The maximum absolute atomic E-state index is 12.3. The summed E-state index contributed by atoms with van der Waals surface area (Å²) in [5.74, 6) is 6.13. The van der Waals surface area contributed by atoms with E-state index in [1.54, 1.807) is 0 Å². The van der Waals surface area contributed by atoms with Gasteiger partial charge in [0.1, 0.15) is 12.6 Å². The highest BCUT2D eigenvalue weighted by molar-refractivity contribution is 5.85. The molecule has 12 nitrogen and oxygen atoms in total. The molecule has 0 bridgehead atoms. The van der Waals surface area contributed by atoms with Gasteiger partial charge in [0.05, 0.1) is 38.8 Å². The first kappa shape index (κ1) is 48.8. The average molecular weight is 906 g/mol. The van der Waals surface area contributed by atoms with Gasteiger partial charge in [0.2, 0.25) is 11.8 Å². The predicted molar refractivity (Wildman–Crippen MR) is 256 cm³/mol. The fourth-order valence-electron chi connectivity index (χ4n) is 13.6. The van der Waals surface area contributed by atoms with Gasteiger partial charge in [-0.2, -0.15) is 4.58 Å². The first-order chi connectivity index (χ1) is 31.9. The number of hydrogen-bond donors (Lipinski definition) is 4. The summed E-state index contributed by atoms with van der Waals surface area (Å²) in [5, 5.41) is 13.2. The molecule has 2 amide bonds. The first-order valence-corrected chi connectivity index (χ1v) is 27.2. The van der Waals surface area contributed by atoms with Crippen molar-refractivity contribution in [2.24, 2.45) is 35.5 Å². The normalized spacial score (nSPS) is 35.4. The molecule has 4 N–H and O–H groups in total. The second-order valence-electron chi connectivity index (χ2n) is 21.4. The summed E-state index contributed by atoms with van der Waals surface area (Å²) < 4.78 is 29.1. The maximum Gasteiger partial charge on any atom is 0.363 e. The minimum absolute atomic E-state index is 0.162. The molecule has 0 radical (unpaired) electrons. The van der Waals surface area contributed by atoms with Gasteiger partial charge in [0.15, 0.2) is 18.0 Å². The van der Waals surface area contributed by atoms with Crippen molar-refractivity contribution in [3.63, 3.8) is 0 Å². The standard InChI is InChI=1S/C53H88N6O6/c1-4-37(29-50-58(46-31-40-13-7-9-15-42(40)33-48(46)64-50)25-11-27-62-35-56-44-21-17-38(18-22-44)52(60)54-5-2)30-51-59(47-32-41-14-8-10-16-43(41)34-49(47)65-51)26-12-28-63-36-57-45-23-19-39(20-24-45)53(61)55-6-3/h29-30,38-49,56-57H,4-28,31-36H2,1-3H3,(H-,54,55,60,61)/p+1. The van der Waals surface area contributed by atoms with E-state index in [-0.39, 0.29) is 35.9 Å². The van der Waals surface area contributed by atoms with Gasteiger partial charge in [-0.15, -0.1) is 0 Å². The molecule has 366 valence electrons. The summed E-state index contributed by atoms with van der Waals surface area (Å²) in [5.41, 5.74) is 1.28. The van der Waals surface area contributed by atoms with Crippen LogP contribution in [0.5, 0.6) is 0 Å². The van der Waals surface area contributed by atoms with Crippen LogP contribution in [-0.4, -0.2) is 116 Å². The van der Waals surface area contributed by atoms with Crippen molar-refractivity contribution < 1.29 is 33.1 Å². The van der Waals surface area contributed by atoms with Crippen LogP contribution in [0, 0.1) is 35.5 Å². The molecule has 65 heavy (non-hydrogen) atoms. The van der Waals surface area contributed by atoms with Crippen LogP contribution >= 0.6 is 0 Å². The van der Waals surface area contributed by atoms with Crippen LogP contribution in [0.2, 0.25) is 0 Å². The second-order valence-corrected chi connectivity index (χ2v) is 21.4. The van der Waals surface area contributed by atoms with Crippen LogP contribution in [0.1, 0.15) is 168 Å². The number of allylic oxidation sites excluding steroid dienone is 2. The van der Waals surface area contributed by atoms with E-state index in [1.807, 2.05) is 13.8 Å². The number of hydrogen-bond acceptors (Lipinski definition) is 9. The molecule has 6 aliphatic carbocycles. The van der Waals surface area contributed by atoms with Crippen LogP contribution in [0.3, 0.4) is 0 Å². The van der Waals surface area contributed by atoms with Crippen molar-refractivity contribution in [1.82, 2.24) is 26.2 Å². The molecule has 8 atom stereocenters. The molecular formula is C53H89N6O6+. The highest BCUT2D eigenvalue weighted by Crippen LogP contribution is 2.47. The molecule has 12 heteroatoms. The van der Waals surface area contributed by atoms with E-state index >= 15 is 0 Å². The second kappa shape index (κ2) is 24.6. The molecule has 1 saturated heterocycles. The summed E-state index contributed by atoms with van der Waals surface area (Å²) in [6.45, 7) is 12.1. The van der Waals surface area contributed by atoms with E-state index in [1.165, 1.54) is 82.6 Å². The van der Waals surface area contributed by atoms with Crippen LogP contribution in [0.4, 0.5) is 0 Å². The Morgan fingerprint density at radius 2 is 1.20 bits per heavy atom. The molecule has 0 aromatic carbocycles. The highest BCUT2D eigenvalue weighted by Gasteiger charge is 2.51. The smallest absolute Gasteiger partial charge is 0.363 e. The quantitative estimate of drug-likeness (QED) is 0.0517. The van der Waals surface area contributed by atoms with Crippen molar-refractivity contribution >= 4 is 17.7 Å². The maximum atomic E-state index is 12.3. The van der Waals surface area contributed by atoms with Gasteiger partial charge < -0.3 is 34.5 Å². The average Bonchev–Trinajstić information content (AvgIpc) is 3.84. The predicted octanol–water partition coefficient (Wildman–Crippen LogP) is 7.91. The third-order valence-electron chi connectivity index (χ3n) is 17.3. The molecule has 8 aliphatic rings. The lowest BCUT2D eigenvalue weighted by atomic mass is 9.68. The van der Waals surface area contributed by atoms with E-state index in [2.05, 4.69) is 49.8 Å². The van der Waals surface area contributed by atoms with E-state index in [0.29, 0.717) is 50.7 Å². The largest absolute Gasteiger partial charge is 0.474 e. The Morgan fingerprint density at radius 3 is 1.77 bits per heavy atom. The highest BCUT2D eigenvalue weighted by atomic mass is 16.5. The number of fused-ring (bicyclic) bond motifs is 4. The van der Waals surface area contributed by atoms with Gasteiger partial charge >= 0.3 is 5.90 Å². The van der Waals surface area contributed by atoms with Crippen molar-refractivity contribution in [2.75, 3.05) is 52.9 Å². The van der Waals surface area contributed by atoms with Crippen molar-refractivity contribution in [3.05, 3.63) is 23.6 Å². The minimum Gasteiger partial charge on any atom is -0.474 e. The molecule has 2 aliphatic heterocycles. The lowest BCUT2D eigenvalue weighted by molar-refractivity contribution is -0.564. The van der Waals surface area contributed by atoms with Gasteiger partial charge in [0.25, 0.3) is 0 Å². The lowest BCUT2D eigenvalue weighted by Gasteiger charge is -2.42. The Balaban J connectivity index is 0.886. The zero-order chi connectivity index (χ0) is 45.0. The van der Waals surface area contributed by atoms with Gasteiger partial charge in [-0.05, 0) is 133 Å². The summed E-state index contributed by atoms with van der Waals surface area (Å²) >= 11 is 0. The first-order valence-electron chi connectivity index (χ1n) is 27.2. The van der Waals surface area contributed by atoms with Crippen LogP contribution in [0.15, 0.2) is 23.6 Å². The van der Waals surface area contributed by atoms with Gasteiger partial charge in [0, 0.05) is 62.5 Å². The van der Waals surface area contributed by atoms with E-state index in [9.17, 15) is 9.59 Å². The SMILES string of the molecule is CCNC(=O)C1CCC(NCOCCCN2/C(=C\C(=C/C3=[N+](CCCOCNC4CCC(C(=O)NCC)CC4)C4CC5CCCCC5CC4O3)CC)OC3CC4CCCCC4CC32)CC1. The van der Waals surface area contributed by atoms with Gasteiger partial charge in [-0.3, -0.25) is 20.2 Å². The molecule has 8 unspecified atom stereocenters. The third kappa shape index (κ3) is 12.9. The molecule has 0 spiro atoms. The number of nitrogens with zero attached hydrogens (tertiary/aromatic N) is 2. The number of carbonyl (C=O) groups excluding carboxylic acids is 2. The van der Waals surface area contributed by atoms with Crippen LogP contribution in [0.25, 0.3) is 0 Å². The Bertz CT molecular complexity index is 1620. The number of rotatable bonds is 21. The molecule has 8 rings (SSSR count). The number of amides is 2. The number of nitrogens with one attached hydrogen (secondary N) is 4. The van der Waals surface area contributed by atoms with Gasteiger partial charge in [-0.25, -0.2) is 0 Å². The van der Waals surface area contributed by atoms with Gasteiger partial charge in [-0.1, -0.05) is 51.9 Å². The Kier molecular flexibility index (Phi) is 18.4. The zero-order valence-corrected chi connectivity index (χ0v) is 40.8. The Hall–Kier alpha value is -2.67. The van der Waals surface area contributed by atoms with Crippen LogP contribution < -0.4 is 21.3 Å². The summed E-state index contributed by atoms with van der Waals surface area (Å²) in [7, 11) is 0. The minimum atomic E-state index is 0.162. The fraction of sp³-hybridized carbons (Fsp3) is 0.868. The van der Waals surface area contributed by atoms with Crippen LogP contribution in [-0.2, 0) is 28.5 Å². The van der Waals surface area contributed by atoms with E-state index < -0.39 is 0 Å². The number of carbonyl (C=O) groups is 2. The molecule has 0 aromatic heterocycles. The summed E-state index contributed by atoms with van der Waals surface area (Å²) in [4.78, 5) is 27.2. The monoisotopic (exact) mass is 906 g/mol. The molecular weight excluding hydrogens is 817 g/mol. The molecule has 6 saturated carbocycles. The topological polar surface area (TPSA) is 125 Å².